The molecule has 0 atom stereocenters. The summed E-state index contributed by atoms with van der Waals surface area (Å²) < 4.78 is 38.7. The smallest absolute Gasteiger partial charge is 0.256 e. The van der Waals surface area contributed by atoms with Gasteiger partial charge in [0.1, 0.15) is 5.75 Å². The SMILES string of the molecule is COc1ccc(S(=O)(=O)NCCCN2CCOCC2)cc1NC(=O)c1ccccc1C. The molecule has 3 rings (SSSR count). The van der Waals surface area contributed by atoms with Crippen LogP contribution in [0, 0.1) is 6.92 Å². The second kappa shape index (κ2) is 10.7. The maximum Gasteiger partial charge on any atom is 0.256 e. The summed E-state index contributed by atoms with van der Waals surface area (Å²) in [5.74, 6) is 0.0534. The average molecular weight is 448 g/mol. The van der Waals surface area contributed by atoms with Gasteiger partial charge in [-0.2, -0.15) is 0 Å². The van der Waals surface area contributed by atoms with Crippen molar-refractivity contribution in [3.63, 3.8) is 0 Å². The molecule has 0 spiro atoms. The van der Waals surface area contributed by atoms with Gasteiger partial charge in [-0.05, 0) is 49.7 Å². The van der Waals surface area contributed by atoms with Crippen molar-refractivity contribution in [3.8, 4) is 5.75 Å². The van der Waals surface area contributed by atoms with Crippen molar-refractivity contribution in [2.75, 3.05) is 51.8 Å². The van der Waals surface area contributed by atoms with Gasteiger partial charge in [-0.25, -0.2) is 13.1 Å². The number of sulfonamides is 1. The molecule has 0 radical (unpaired) electrons. The Kier molecular flexibility index (Phi) is 8.03. The summed E-state index contributed by atoms with van der Waals surface area (Å²) in [6.45, 7) is 6.16. The first-order valence-corrected chi connectivity index (χ1v) is 11.7. The lowest BCUT2D eigenvalue weighted by atomic mass is 10.1. The number of hydrogen-bond acceptors (Lipinski definition) is 6. The maximum atomic E-state index is 12.7. The highest BCUT2D eigenvalue weighted by atomic mass is 32.2. The fourth-order valence-electron chi connectivity index (χ4n) is 3.39. The first-order valence-electron chi connectivity index (χ1n) is 10.3. The first-order chi connectivity index (χ1) is 14.9. The minimum Gasteiger partial charge on any atom is -0.495 e. The van der Waals surface area contributed by atoms with Crippen LogP contribution >= 0.6 is 0 Å². The summed E-state index contributed by atoms with van der Waals surface area (Å²) in [4.78, 5) is 15.0. The van der Waals surface area contributed by atoms with Crippen LogP contribution in [-0.2, 0) is 14.8 Å². The van der Waals surface area contributed by atoms with Crippen LogP contribution in [0.25, 0.3) is 0 Å². The van der Waals surface area contributed by atoms with E-state index in [1.807, 2.05) is 19.1 Å². The van der Waals surface area contributed by atoms with E-state index < -0.39 is 10.0 Å². The largest absolute Gasteiger partial charge is 0.495 e. The van der Waals surface area contributed by atoms with Crippen molar-refractivity contribution in [2.45, 2.75) is 18.2 Å². The van der Waals surface area contributed by atoms with Gasteiger partial charge in [0.15, 0.2) is 0 Å². The van der Waals surface area contributed by atoms with E-state index in [4.69, 9.17) is 9.47 Å². The Bertz CT molecular complexity index is 1000. The number of nitrogens with zero attached hydrogens (tertiary/aromatic N) is 1. The lowest BCUT2D eigenvalue weighted by molar-refractivity contribution is 0.0376. The number of amides is 1. The molecule has 0 aromatic heterocycles. The fraction of sp³-hybridized carbons (Fsp3) is 0.409. The summed E-state index contributed by atoms with van der Waals surface area (Å²) in [6, 6.07) is 11.6. The highest BCUT2D eigenvalue weighted by Crippen LogP contribution is 2.28. The number of nitrogens with one attached hydrogen (secondary N) is 2. The summed E-state index contributed by atoms with van der Waals surface area (Å²) >= 11 is 0. The number of carbonyl (C=O) groups excluding carboxylic acids is 1. The molecule has 1 aliphatic heterocycles. The molecule has 168 valence electrons. The highest BCUT2D eigenvalue weighted by Gasteiger charge is 2.19. The molecule has 0 aliphatic carbocycles. The number of anilines is 1. The van der Waals surface area contributed by atoms with Gasteiger partial charge >= 0.3 is 0 Å². The van der Waals surface area contributed by atoms with Crippen molar-refractivity contribution >= 4 is 21.6 Å². The third kappa shape index (κ3) is 6.27. The molecule has 2 aromatic rings. The van der Waals surface area contributed by atoms with Crippen molar-refractivity contribution in [2.24, 2.45) is 0 Å². The Morgan fingerprint density at radius 2 is 1.90 bits per heavy atom. The van der Waals surface area contributed by atoms with Gasteiger partial charge in [-0.3, -0.25) is 9.69 Å². The van der Waals surface area contributed by atoms with Crippen LogP contribution in [-0.4, -0.2) is 65.7 Å². The van der Waals surface area contributed by atoms with E-state index in [1.165, 1.54) is 25.3 Å². The third-order valence-electron chi connectivity index (χ3n) is 5.17. The van der Waals surface area contributed by atoms with Crippen LogP contribution in [0.5, 0.6) is 5.75 Å². The zero-order valence-corrected chi connectivity index (χ0v) is 18.7. The Morgan fingerprint density at radius 1 is 1.16 bits per heavy atom. The zero-order valence-electron chi connectivity index (χ0n) is 17.9. The van der Waals surface area contributed by atoms with Crippen molar-refractivity contribution in [3.05, 3.63) is 53.6 Å². The van der Waals surface area contributed by atoms with Crippen molar-refractivity contribution in [1.29, 1.82) is 0 Å². The monoisotopic (exact) mass is 447 g/mol. The standard InChI is InChI=1S/C22H29N3O5S/c1-17-6-3-4-7-19(17)22(26)24-20-16-18(8-9-21(20)29-2)31(27,28)23-10-5-11-25-12-14-30-15-13-25/h3-4,6-9,16,23H,5,10-15H2,1-2H3,(H,24,26). The molecule has 0 bridgehead atoms. The third-order valence-corrected chi connectivity index (χ3v) is 6.62. The number of rotatable bonds is 9. The number of benzene rings is 2. The Labute approximate surface area is 183 Å². The number of ether oxygens (including phenoxy) is 2. The summed E-state index contributed by atoms with van der Waals surface area (Å²) in [5, 5.41) is 2.77. The Hall–Kier alpha value is -2.46. The van der Waals surface area contributed by atoms with Crippen LogP contribution in [0.2, 0.25) is 0 Å². The van der Waals surface area contributed by atoms with E-state index in [2.05, 4.69) is 14.9 Å². The molecule has 0 unspecified atom stereocenters. The topological polar surface area (TPSA) is 97.0 Å². The molecule has 1 amide bonds. The predicted octanol–water partition coefficient (Wildman–Crippen LogP) is 2.26. The quantitative estimate of drug-likeness (QED) is 0.573. The number of aryl methyl sites for hydroxylation is 1. The molecule has 2 aromatic carbocycles. The van der Waals surface area contributed by atoms with Gasteiger partial charge in [0, 0.05) is 25.2 Å². The van der Waals surface area contributed by atoms with Crippen molar-refractivity contribution < 1.29 is 22.7 Å². The second-order valence-corrected chi connectivity index (χ2v) is 9.10. The van der Waals surface area contributed by atoms with Gasteiger partial charge in [-0.15, -0.1) is 0 Å². The summed E-state index contributed by atoms with van der Waals surface area (Å²) in [5.41, 5.74) is 1.63. The zero-order chi connectivity index (χ0) is 22.3. The number of methoxy groups -OCH3 is 1. The molecule has 1 heterocycles. The molecule has 8 nitrogen and oxygen atoms in total. The summed E-state index contributed by atoms with van der Waals surface area (Å²) in [7, 11) is -2.25. The predicted molar refractivity (Wildman–Crippen MR) is 119 cm³/mol. The van der Waals surface area contributed by atoms with E-state index in [-0.39, 0.29) is 10.8 Å². The molecular formula is C22H29N3O5S. The Morgan fingerprint density at radius 3 is 2.61 bits per heavy atom. The van der Waals surface area contributed by atoms with Gasteiger partial charge in [0.25, 0.3) is 5.91 Å². The van der Waals surface area contributed by atoms with Crippen LogP contribution in [0.3, 0.4) is 0 Å². The lowest BCUT2D eigenvalue weighted by Crippen LogP contribution is -2.38. The molecule has 31 heavy (non-hydrogen) atoms. The minimum atomic E-state index is -3.72. The number of carbonyl (C=O) groups is 1. The molecule has 9 heteroatoms. The van der Waals surface area contributed by atoms with E-state index in [0.717, 1.165) is 25.2 Å². The Balaban J connectivity index is 1.66. The lowest BCUT2D eigenvalue weighted by Gasteiger charge is -2.26. The van der Waals surface area contributed by atoms with Gasteiger partial charge in [-0.1, -0.05) is 18.2 Å². The van der Waals surface area contributed by atoms with Crippen LogP contribution in [0.1, 0.15) is 22.3 Å². The van der Waals surface area contributed by atoms with Crippen molar-refractivity contribution in [1.82, 2.24) is 9.62 Å². The normalized spacial score (nSPS) is 14.9. The summed E-state index contributed by atoms with van der Waals surface area (Å²) in [6.07, 6.45) is 0.701. The second-order valence-electron chi connectivity index (χ2n) is 7.34. The molecule has 2 N–H and O–H groups in total. The number of hydrogen-bond donors (Lipinski definition) is 2. The molecule has 0 saturated carbocycles. The number of morpholine rings is 1. The van der Waals surface area contributed by atoms with Crippen LogP contribution < -0.4 is 14.8 Å². The van der Waals surface area contributed by atoms with Crippen LogP contribution in [0.15, 0.2) is 47.4 Å². The van der Waals surface area contributed by atoms with Gasteiger partial charge < -0.3 is 14.8 Å². The molecule has 1 aliphatic rings. The fourth-order valence-corrected chi connectivity index (χ4v) is 4.49. The highest BCUT2D eigenvalue weighted by molar-refractivity contribution is 7.89. The molecule has 1 saturated heterocycles. The maximum absolute atomic E-state index is 12.7. The van der Waals surface area contributed by atoms with Gasteiger partial charge in [0.05, 0.1) is 30.9 Å². The minimum absolute atomic E-state index is 0.0692. The van der Waals surface area contributed by atoms with Crippen LogP contribution in [0.4, 0.5) is 5.69 Å². The average Bonchev–Trinajstić information content (AvgIpc) is 2.77. The van der Waals surface area contributed by atoms with Gasteiger partial charge in [0.2, 0.25) is 10.0 Å². The van der Waals surface area contributed by atoms with E-state index in [0.29, 0.717) is 43.2 Å². The molecule has 1 fully saturated rings. The van der Waals surface area contributed by atoms with E-state index in [1.54, 1.807) is 12.1 Å². The first kappa shape index (κ1) is 23.2. The van der Waals surface area contributed by atoms with E-state index >= 15 is 0 Å². The molecular weight excluding hydrogens is 418 g/mol. The van der Waals surface area contributed by atoms with E-state index in [9.17, 15) is 13.2 Å².